The van der Waals surface area contributed by atoms with Crippen molar-refractivity contribution in [3.63, 3.8) is 0 Å². The summed E-state index contributed by atoms with van der Waals surface area (Å²) in [6, 6.07) is 0. The summed E-state index contributed by atoms with van der Waals surface area (Å²) in [5.74, 6) is 6.38. The molecule has 0 aromatic carbocycles. The zero-order chi connectivity index (χ0) is 10.8. The molecule has 0 radical (unpaired) electrons. The van der Waals surface area contributed by atoms with E-state index in [2.05, 4.69) is 39.5 Å². The topological polar surface area (TPSA) is 20.2 Å². The summed E-state index contributed by atoms with van der Waals surface area (Å²) >= 11 is 0. The second kappa shape index (κ2) is 4.19. The molecule has 0 saturated carbocycles. The van der Waals surface area contributed by atoms with Gasteiger partial charge in [0, 0.05) is 17.4 Å². The average Bonchev–Trinajstić information content (AvgIpc) is 2.00. The second-order valence-electron chi connectivity index (χ2n) is 4.76. The van der Waals surface area contributed by atoms with Crippen LogP contribution in [-0.2, 0) is 0 Å². The Kier molecular flexibility index (Phi) is 3.39. The van der Waals surface area contributed by atoms with E-state index in [1.165, 1.54) is 11.1 Å². The lowest BCUT2D eigenvalue weighted by molar-refractivity contribution is 0.117. The predicted octanol–water partition coefficient (Wildman–Crippen LogP) is 2.90. The first kappa shape index (κ1) is 11.3. The van der Waals surface area contributed by atoms with Gasteiger partial charge in [-0.3, -0.25) is 0 Å². The maximum absolute atomic E-state index is 9.68. The van der Waals surface area contributed by atoms with Crippen LogP contribution in [0, 0.1) is 17.3 Å². The van der Waals surface area contributed by atoms with Crippen molar-refractivity contribution in [2.24, 2.45) is 5.41 Å². The molecular weight excluding hydrogens is 172 g/mol. The van der Waals surface area contributed by atoms with Crippen molar-refractivity contribution in [2.45, 2.75) is 53.1 Å². The van der Waals surface area contributed by atoms with E-state index in [0.29, 0.717) is 0 Å². The van der Waals surface area contributed by atoms with E-state index in [4.69, 9.17) is 0 Å². The zero-order valence-electron chi connectivity index (χ0n) is 9.65. The summed E-state index contributed by atoms with van der Waals surface area (Å²) in [6.45, 7) is 8.48. The third kappa shape index (κ3) is 2.39. The number of aliphatic hydroxyl groups excluding tert-OH is 1. The highest BCUT2D eigenvalue weighted by Crippen LogP contribution is 2.39. The van der Waals surface area contributed by atoms with Crippen LogP contribution in [0.4, 0.5) is 0 Å². The van der Waals surface area contributed by atoms with Crippen molar-refractivity contribution < 1.29 is 5.11 Å². The van der Waals surface area contributed by atoms with Crippen molar-refractivity contribution in [1.82, 2.24) is 0 Å². The molecule has 0 saturated heterocycles. The zero-order valence-corrected chi connectivity index (χ0v) is 9.65. The van der Waals surface area contributed by atoms with Crippen LogP contribution >= 0.6 is 0 Å². The third-order valence-electron chi connectivity index (χ3n) is 2.78. The normalized spacial score (nSPS) is 25.6. The van der Waals surface area contributed by atoms with Crippen molar-refractivity contribution in [2.75, 3.05) is 0 Å². The van der Waals surface area contributed by atoms with Gasteiger partial charge in [0.2, 0.25) is 0 Å². The lowest BCUT2D eigenvalue weighted by Crippen LogP contribution is -2.28. The van der Waals surface area contributed by atoms with Gasteiger partial charge in [0.1, 0.15) is 0 Å². The van der Waals surface area contributed by atoms with E-state index >= 15 is 0 Å². The smallest absolute Gasteiger partial charge is 0.0586 e. The molecule has 1 N–H and O–H groups in total. The van der Waals surface area contributed by atoms with E-state index in [-0.39, 0.29) is 11.5 Å². The Hall–Kier alpha value is -0.740. The molecule has 0 amide bonds. The Morgan fingerprint density at radius 2 is 2.14 bits per heavy atom. The molecule has 1 aliphatic carbocycles. The van der Waals surface area contributed by atoms with Gasteiger partial charge in [0.25, 0.3) is 0 Å². The molecule has 1 nitrogen and oxygen atoms in total. The average molecular weight is 192 g/mol. The third-order valence-corrected chi connectivity index (χ3v) is 2.78. The van der Waals surface area contributed by atoms with Crippen LogP contribution in [0.15, 0.2) is 11.1 Å². The van der Waals surface area contributed by atoms with E-state index in [0.717, 1.165) is 19.3 Å². The molecule has 0 aromatic rings. The summed E-state index contributed by atoms with van der Waals surface area (Å²) in [6.07, 6.45) is 2.34. The molecule has 0 bridgehead atoms. The lowest BCUT2D eigenvalue weighted by Gasteiger charge is -2.34. The maximum atomic E-state index is 9.68. The molecule has 0 spiro atoms. The fraction of sp³-hybridized carbons (Fsp3) is 0.692. The van der Waals surface area contributed by atoms with Gasteiger partial charge in [0.15, 0.2) is 0 Å². The van der Waals surface area contributed by atoms with Crippen LogP contribution in [0.25, 0.3) is 0 Å². The summed E-state index contributed by atoms with van der Waals surface area (Å²) in [7, 11) is 0. The first-order valence-electron chi connectivity index (χ1n) is 5.34. The largest absolute Gasteiger partial charge is 0.393 e. The molecule has 1 rings (SSSR count). The Labute approximate surface area is 87.2 Å². The number of allylic oxidation sites excluding steroid dienone is 1. The Balaban J connectivity index is 3.03. The quantitative estimate of drug-likeness (QED) is 0.585. The fourth-order valence-electron chi connectivity index (χ4n) is 2.25. The number of aliphatic hydroxyl groups is 1. The SMILES string of the molecule is CCC#CC1=C(C)CC(O)CC1(C)C. The van der Waals surface area contributed by atoms with Gasteiger partial charge in [-0.15, -0.1) is 0 Å². The highest BCUT2D eigenvalue weighted by Gasteiger charge is 2.31. The number of hydrogen-bond acceptors (Lipinski definition) is 1. The van der Waals surface area contributed by atoms with Crippen LogP contribution in [-0.4, -0.2) is 11.2 Å². The van der Waals surface area contributed by atoms with Gasteiger partial charge in [-0.05, 0) is 19.8 Å². The molecule has 0 aromatic heterocycles. The summed E-state index contributed by atoms with van der Waals surface area (Å²) in [4.78, 5) is 0. The van der Waals surface area contributed by atoms with Crippen molar-refractivity contribution >= 4 is 0 Å². The van der Waals surface area contributed by atoms with Gasteiger partial charge >= 0.3 is 0 Å². The standard InChI is InChI=1S/C13H20O/c1-5-6-7-12-10(2)8-11(14)9-13(12,3)4/h11,14H,5,8-9H2,1-4H3. The van der Waals surface area contributed by atoms with E-state index in [1.807, 2.05) is 0 Å². The second-order valence-corrected chi connectivity index (χ2v) is 4.76. The van der Waals surface area contributed by atoms with Gasteiger partial charge in [-0.25, -0.2) is 0 Å². The monoisotopic (exact) mass is 192 g/mol. The molecule has 0 fully saturated rings. The van der Waals surface area contributed by atoms with E-state index in [1.54, 1.807) is 0 Å². The van der Waals surface area contributed by atoms with Gasteiger partial charge in [-0.1, -0.05) is 38.2 Å². The first-order valence-corrected chi connectivity index (χ1v) is 5.34. The minimum absolute atomic E-state index is 0.0456. The molecule has 78 valence electrons. The van der Waals surface area contributed by atoms with Crippen LogP contribution < -0.4 is 0 Å². The molecule has 1 heteroatoms. The minimum atomic E-state index is -0.183. The van der Waals surface area contributed by atoms with Gasteiger partial charge < -0.3 is 5.11 Å². The van der Waals surface area contributed by atoms with Crippen LogP contribution in [0.5, 0.6) is 0 Å². The Bertz CT molecular complexity index is 299. The van der Waals surface area contributed by atoms with Crippen LogP contribution in [0.3, 0.4) is 0 Å². The first-order chi connectivity index (χ1) is 6.47. The van der Waals surface area contributed by atoms with E-state index in [9.17, 15) is 5.11 Å². The van der Waals surface area contributed by atoms with Crippen molar-refractivity contribution in [3.8, 4) is 11.8 Å². The summed E-state index contributed by atoms with van der Waals surface area (Å²) in [5.41, 5.74) is 2.54. The highest BCUT2D eigenvalue weighted by molar-refractivity contribution is 5.39. The molecule has 1 atom stereocenters. The fourth-order valence-corrected chi connectivity index (χ4v) is 2.25. The van der Waals surface area contributed by atoms with Crippen LogP contribution in [0.2, 0.25) is 0 Å². The van der Waals surface area contributed by atoms with Crippen molar-refractivity contribution in [3.05, 3.63) is 11.1 Å². The molecule has 1 unspecified atom stereocenters. The van der Waals surface area contributed by atoms with E-state index < -0.39 is 0 Å². The van der Waals surface area contributed by atoms with Gasteiger partial charge in [-0.2, -0.15) is 0 Å². The van der Waals surface area contributed by atoms with Crippen LogP contribution in [0.1, 0.15) is 47.0 Å². The highest BCUT2D eigenvalue weighted by atomic mass is 16.3. The Morgan fingerprint density at radius 1 is 1.50 bits per heavy atom. The van der Waals surface area contributed by atoms with Crippen molar-refractivity contribution in [1.29, 1.82) is 0 Å². The lowest BCUT2D eigenvalue weighted by atomic mass is 9.72. The Morgan fingerprint density at radius 3 is 2.64 bits per heavy atom. The van der Waals surface area contributed by atoms with Gasteiger partial charge in [0.05, 0.1) is 6.10 Å². The molecule has 14 heavy (non-hydrogen) atoms. The summed E-state index contributed by atoms with van der Waals surface area (Å²) in [5, 5.41) is 9.68. The maximum Gasteiger partial charge on any atom is 0.0586 e. The molecule has 1 aliphatic rings. The molecule has 0 aliphatic heterocycles. The summed E-state index contributed by atoms with van der Waals surface area (Å²) < 4.78 is 0. The number of hydrogen-bond donors (Lipinski definition) is 1. The number of rotatable bonds is 0. The molecular formula is C13H20O. The minimum Gasteiger partial charge on any atom is -0.393 e. The predicted molar refractivity (Wildman–Crippen MR) is 59.8 cm³/mol. The molecule has 0 heterocycles.